The van der Waals surface area contributed by atoms with Crippen LogP contribution in [0.25, 0.3) is 16.9 Å². The molecule has 4 aromatic rings. The van der Waals surface area contributed by atoms with Gasteiger partial charge in [-0.2, -0.15) is 0 Å². The Hall–Kier alpha value is -3.45. The summed E-state index contributed by atoms with van der Waals surface area (Å²) < 4.78 is 26.5. The Morgan fingerprint density at radius 2 is 1.76 bits per heavy atom. The zero-order valence-corrected chi connectivity index (χ0v) is 20.0. The maximum absolute atomic E-state index is 12.7. The van der Waals surface area contributed by atoms with Crippen molar-refractivity contribution in [1.29, 1.82) is 0 Å². The molecular weight excluding hydrogens is 434 g/mol. The van der Waals surface area contributed by atoms with Crippen molar-refractivity contribution in [3.63, 3.8) is 0 Å². The molecule has 4 rings (SSSR count). The van der Waals surface area contributed by atoms with Crippen LogP contribution in [0.15, 0.2) is 71.9 Å². The number of anilines is 1. The monoisotopic (exact) mass is 461 g/mol. The molecule has 1 N–H and O–H groups in total. The lowest BCUT2D eigenvalue weighted by Crippen LogP contribution is -2.16. The lowest BCUT2D eigenvalue weighted by atomic mass is 10.1. The van der Waals surface area contributed by atoms with Crippen LogP contribution in [0, 0.1) is 13.8 Å². The van der Waals surface area contributed by atoms with Crippen LogP contribution < -0.4 is 5.32 Å². The van der Waals surface area contributed by atoms with Gasteiger partial charge in [-0.25, -0.2) is 13.4 Å². The summed E-state index contributed by atoms with van der Waals surface area (Å²) in [6, 6.07) is 16.5. The summed E-state index contributed by atoms with van der Waals surface area (Å²) in [4.78, 5) is 17.7. The Labute approximate surface area is 194 Å². The number of rotatable bonds is 6. The molecule has 0 spiro atoms. The predicted molar refractivity (Wildman–Crippen MR) is 131 cm³/mol. The van der Waals surface area contributed by atoms with Crippen molar-refractivity contribution in [2.45, 2.75) is 44.3 Å². The second-order valence-electron chi connectivity index (χ2n) is 8.59. The number of aromatic nitrogens is 2. The van der Waals surface area contributed by atoms with Crippen molar-refractivity contribution in [2.75, 3.05) is 5.32 Å². The van der Waals surface area contributed by atoms with E-state index in [2.05, 4.69) is 5.32 Å². The van der Waals surface area contributed by atoms with Gasteiger partial charge in [0.1, 0.15) is 5.65 Å². The Morgan fingerprint density at radius 1 is 1.03 bits per heavy atom. The van der Waals surface area contributed by atoms with Crippen LogP contribution in [-0.4, -0.2) is 29.0 Å². The summed E-state index contributed by atoms with van der Waals surface area (Å²) in [6.07, 6.45) is 4.10. The summed E-state index contributed by atoms with van der Waals surface area (Å²) in [5, 5.41) is 2.50. The first kappa shape index (κ1) is 22.7. The summed E-state index contributed by atoms with van der Waals surface area (Å²) in [5.74, 6) is -0.166. The van der Waals surface area contributed by atoms with Crippen molar-refractivity contribution in [2.24, 2.45) is 0 Å². The smallest absolute Gasteiger partial charge is 0.228 e. The molecule has 0 aliphatic rings. The minimum Gasteiger partial charge on any atom is -0.326 e. The van der Waals surface area contributed by atoms with Gasteiger partial charge in [-0.05, 0) is 74.7 Å². The van der Waals surface area contributed by atoms with E-state index in [0.717, 1.165) is 39.3 Å². The van der Waals surface area contributed by atoms with Gasteiger partial charge in [-0.15, -0.1) is 0 Å². The maximum Gasteiger partial charge on any atom is 0.228 e. The number of hydrogen-bond acceptors (Lipinski definition) is 4. The number of benzene rings is 2. The van der Waals surface area contributed by atoms with Gasteiger partial charge >= 0.3 is 0 Å². The highest BCUT2D eigenvalue weighted by Gasteiger charge is 2.19. The quantitative estimate of drug-likeness (QED) is 0.439. The molecule has 0 aliphatic heterocycles. The minimum atomic E-state index is -3.33. The molecule has 0 fully saturated rings. The topological polar surface area (TPSA) is 80.5 Å². The third-order valence-corrected chi connectivity index (χ3v) is 7.83. The van der Waals surface area contributed by atoms with E-state index in [-0.39, 0.29) is 17.2 Å². The average molecular weight is 462 g/mol. The van der Waals surface area contributed by atoms with Gasteiger partial charge in [-0.3, -0.25) is 4.79 Å². The van der Waals surface area contributed by atoms with E-state index in [4.69, 9.17) is 4.98 Å². The van der Waals surface area contributed by atoms with Crippen molar-refractivity contribution in [3.8, 4) is 11.3 Å². The van der Waals surface area contributed by atoms with E-state index in [1.807, 2.05) is 61.0 Å². The molecule has 0 saturated carbocycles. The first-order valence-corrected chi connectivity index (χ1v) is 12.4. The zero-order chi connectivity index (χ0) is 23.8. The van der Waals surface area contributed by atoms with Crippen molar-refractivity contribution in [1.82, 2.24) is 9.38 Å². The summed E-state index contributed by atoms with van der Waals surface area (Å²) >= 11 is 0. The summed E-state index contributed by atoms with van der Waals surface area (Å²) in [6.45, 7) is 7.28. The number of amides is 1. The normalized spacial score (nSPS) is 11.8. The third kappa shape index (κ3) is 4.83. The molecule has 6 nitrogen and oxygen atoms in total. The molecule has 1 amide bonds. The average Bonchev–Trinajstić information content (AvgIpc) is 3.18. The Bertz CT molecular complexity index is 1440. The second kappa shape index (κ2) is 8.83. The van der Waals surface area contributed by atoms with Gasteiger partial charge in [0.2, 0.25) is 5.91 Å². The molecule has 0 bridgehead atoms. The summed E-state index contributed by atoms with van der Waals surface area (Å²) in [5.41, 5.74) is 6.19. The van der Waals surface area contributed by atoms with Crippen LogP contribution in [0.3, 0.4) is 0 Å². The van der Waals surface area contributed by atoms with Gasteiger partial charge < -0.3 is 9.72 Å². The highest BCUT2D eigenvalue weighted by Crippen LogP contribution is 2.26. The Morgan fingerprint density at radius 3 is 2.45 bits per heavy atom. The maximum atomic E-state index is 12.7. The number of carbonyl (C=O) groups excluding carboxylic acids is 1. The number of hydrogen-bond donors (Lipinski definition) is 1. The molecule has 7 heteroatoms. The number of sulfone groups is 1. The van der Waals surface area contributed by atoms with Gasteiger partial charge in [0.15, 0.2) is 9.84 Å². The van der Waals surface area contributed by atoms with E-state index in [1.165, 1.54) is 0 Å². The van der Waals surface area contributed by atoms with Crippen LogP contribution in [-0.2, 0) is 21.1 Å². The molecule has 170 valence electrons. The van der Waals surface area contributed by atoms with Gasteiger partial charge in [-0.1, -0.05) is 24.3 Å². The number of nitrogens with zero attached hydrogens (tertiary/aromatic N) is 2. The number of pyridine rings is 1. The summed E-state index contributed by atoms with van der Waals surface area (Å²) in [7, 11) is -3.33. The Kier molecular flexibility index (Phi) is 6.08. The molecule has 2 aromatic heterocycles. The zero-order valence-electron chi connectivity index (χ0n) is 19.2. The van der Waals surface area contributed by atoms with Crippen molar-refractivity contribution < 1.29 is 13.2 Å². The molecule has 0 aliphatic carbocycles. The molecule has 0 atom stereocenters. The largest absolute Gasteiger partial charge is 0.326 e. The molecule has 0 radical (unpaired) electrons. The minimum absolute atomic E-state index is 0.152. The van der Waals surface area contributed by atoms with Crippen LogP contribution in [0.5, 0.6) is 0 Å². The van der Waals surface area contributed by atoms with E-state index < -0.39 is 15.1 Å². The molecule has 0 unspecified atom stereocenters. The fraction of sp³-hybridized carbons (Fsp3) is 0.231. The van der Waals surface area contributed by atoms with Crippen molar-refractivity contribution >= 4 is 27.1 Å². The van der Waals surface area contributed by atoms with Gasteiger partial charge in [0.25, 0.3) is 0 Å². The first-order chi connectivity index (χ1) is 15.6. The molecule has 2 heterocycles. The molecule has 2 aromatic carbocycles. The van der Waals surface area contributed by atoms with Gasteiger partial charge in [0, 0.05) is 23.6 Å². The van der Waals surface area contributed by atoms with Crippen molar-refractivity contribution in [3.05, 3.63) is 83.7 Å². The third-order valence-electron chi connectivity index (χ3n) is 5.66. The standard InChI is InChI=1S/C26H27N3O3S/c1-17(2)33(31,32)22-9-6-20(7-10-22)14-26(30)28-23-15-21(8-5-19(23)4)24-16-29-12-11-18(3)13-25(29)27-24/h5-13,15-17H,14H2,1-4H3,(H,28,30). The van der Waals surface area contributed by atoms with E-state index >= 15 is 0 Å². The number of aryl methyl sites for hydroxylation is 2. The number of nitrogens with one attached hydrogen (secondary N) is 1. The molecule has 0 saturated heterocycles. The molecular formula is C26H27N3O3S. The van der Waals surface area contributed by atoms with Crippen LogP contribution in [0.2, 0.25) is 0 Å². The van der Waals surface area contributed by atoms with E-state index in [1.54, 1.807) is 38.1 Å². The predicted octanol–water partition coefficient (Wildman–Crippen LogP) is 4.98. The van der Waals surface area contributed by atoms with Crippen LogP contribution in [0.1, 0.15) is 30.5 Å². The second-order valence-corrected chi connectivity index (χ2v) is 11.1. The molecule has 33 heavy (non-hydrogen) atoms. The lowest BCUT2D eigenvalue weighted by molar-refractivity contribution is -0.115. The highest BCUT2D eigenvalue weighted by molar-refractivity contribution is 7.92. The lowest BCUT2D eigenvalue weighted by Gasteiger charge is -2.11. The first-order valence-electron chi connectivity index (χ1n) is 10.8. The number of fused-ring (bicyclic) bond motifs is 1. The Balaban J connectivity index is 1.51. The number of carbonyl (C=O) groups is 1. The fourth-order valence-corrected chi connectivity index (χ4v) is 4.65. The van der Waals surface area contributed by atoms with E-state index in [9.17, 15) is 13.2 Å². The van der Waals surface area contributed by atoms with Gasteiger partial charge in [0.05, 0.1) is 22.3 Å². The fourth-order valence-electron chi connectivity index (χ4n) is 3.59. The highest BCUT2D eigenvalue weighted by atomic mass is 32.2. The van der Waals surface area contributed by atoms with E-state index in [0.29, 0.717) is 0 Å². The van der Waals surface area contributed by atoms with Crippen LogP contribution >= 0.6 is 0 Å². The SMILES string of the molecule is Cc1ccn2cc(-c3ccc(C)c(NC(=O)Cc4ccc(S(=O)(=O)C(C)C)cc4)c3)nc2c1. The number of imidazole rings is 1. The van der Waals surface area contributed by atoms with Crippen LogP contribution in [0.4, 0.5) is 5.69 Å².